The number of hydrogen-bond acceptors (Lipinski definition) is 3. The van der Waals surface area contributed by atoms with Crippen LogP contribution in [0.1, 0.15) is 12.8 Å². The van der Waals surface area contributed by atoms with Gasteiger partial charge in [0.15, 0.2) is 5.95 Å². The highest BCUT2D eigenvalue weighted by molar-refractivity contribution is 5.80. The van der Waals surface area contributed by atoms with Crippen molar-refractivity contribution in [1.82, 2.24) is 9.80 Å². The van der Waals surface area contributed by atoms with E-state index in [1.54, 1.807) is 12.2 Å². The van der Waals surface area contributed by atoms with Crippen molar-refractivity contribution in [2.45, 2.75) is 24.9 Å². The molecule has 0 bridgehead atoms. The van der Waals surface area contributed by atoms with E-state index in [0.29, 0.717) is 13.0 Å². The Morgan fingerprint density at radius 3 is 2.68 bits per heavy atom. The van der Waals surface area contributed by atoms with E-state index in [1.165, 1.54) is 11.0 Å². The number of carboxylic acids is 1. The summed E-state index contributed by atoms with van der Waals surface area (Å²) >= 11 is 0. The fraction of sp³-hybridized carbons (Fsp3) is 0.500. The third-order valence-electron chi connectivity index (χ3n) is 3.44. The molecule has 1 unspecified atom stereocenters. The Balaban J connectivity index is 2.08. The quantitative estimate of drug-likeness (QED) is 0.755. The molecule has 0 aliphatic carbocycles. The number of aliphatic carboxylic acids is 1. The number of allylic oxidation sites excluding steroid dienone is 2. The number of hydrogen-bond donors (Lipinski definition) is 2. The number of carbonyl (C=O) groups is 2. The average Bonchev–Trinajstić information content (AvgIpc) is 2.76. The molecule has 0 aromatic rings. The number of rotatable bonds is 3. The van der Waals surface area contributed by atoms with E-state index in [0.717, 1.165) is 4.90 Å². The summed E-state index contributed by atoms with van der Waals surface area (Å²) in [5, 5.41) is 18.1. The first-order valence-electron chi connectivity index (χ1n) is 6.02. The van der Waals surface area contributed by atoms with Crippen LogP contribution in [0, 0.1) is 0 Å². The van der Waals surface area contributed by atoms with Crippen LogP contribution in [0.3, 0.4) is 0 Å². The van der Waals surface area contributed by atoms with Gasteiger partial charge in [-0.15, -0.1) is 0 Å². The van der Waals surface area contributed by atoms with Crippen LogP contribution in [0.5, 0.6) is 0 Å². The zero-order valence-electron chi connectivity index (χ0n) is 10.2. The summed E-state index contributed by atoms with van der Waals surface area (Å²) < 4.78 is 13.5. The van der Waals surface area contributed by atoms with Crippen molar-refractivity contribution >= 4 is 12.1 Å². The molecular formula is C12H15FN2O4. The van der Waals surface area contributed by atoms with Crippen LogP contribution < -0.4 is 0 Å². The molecule has 0 aromatic heterocycles. The second-order valence-electron chi connectivity index (χ2n) is 4.60. The highest BCUT2D eigenvalue weighted by atomic mass is 19.1. The summed E-state index contributed by atoms with van der Waals surface area (Å²) in [6.07, 6.45) is 4.08. The lowest BCUT2D eigenvalue weighted by atomic mass is 10.2. The number of nitrogens with zero attached hydrogens (tertiary/aromatic N) is 2. The van der Waals surface area contributed by atoms with Crippen molar-refractivity contribution in [3.8, 4) is 0 Å². The van der Waals surface area contributed by atoms with Gasteiger partial charge in [0.2, 0.25) is 0 Å². The molecule has 1 saturated heterocycles. The third-order valence-corrected chi connectivity index (χ3v) is 3.44. The van der Waals surface area contributed by atoms with Crippen molar-refractivity contribution in [2.75, 3.05) is 13.1 Å². The van der Waals surface area contributed by atoms with Gasteiger partial charge in [-0.3, -0.25) is 4.90 Å². The molecule has 2 atom stereocenters. The summed E-state index contributed by atoms with van der Waals surface area (Å²) in [6, 6.07) is -1.53. The molecular weight excluding hydrogens is 255 g/mol. The first kappa shape index (κ1) is 13.4. The fourth-order valence-electron chi connectivity index (χ4n) is 2.54. The van der Waals surface area contributed by atoms with Gasteiger partial charge in [0.25, 0.3) is 0 Å². The average molecular weight is 270 g/mol. The molecule has 2 aliphatic rings. The highest BCUT2D eigenvalue weighted by Gasteiger charge is 2.41. The Bertz CT molecular complexity index is 449. The first-order chi connectivity index (χ1) is 9.00. The first-order valence-corrected chi connectivity index (χ1v) is 6.02. The lowest BCUT2D eigenvalue weighted by Gasteiger charge is -2.31. The summed E-state index contributed by atoms with van der Waals surface area (Å²) in [5.74, 6) is -1.58. The Morgan fingerprint density at radius 2 is 2.11 bits per heavy atom. The van der Waals surface area contributed by atoms with Crippen LogP contribution >= 0.6 is 0 Å². The maximum atomic E-state index is 13.5. The van der Waals surface area contributed by atoms with E-state index in [9.17, 15) is 14.0 Å². The van der Waals surface area contributed by atoms with Crippen molar-refractivity contribution in [3.05, 3.63) is 24.2 Å². The van der Waals surface area contributed by atoms with E-state index in [-0.39, 0.29) is 13.0 Å². The van der Waals surface area contributed by atoms with Crippen molar-refractivity contribution in [2.24, 2.45) is 0 Å². The van der Waals surface area contributed by atoms with Crippen LogP contribution in [0.15, 0.2) is 24.2 Å². The van der Waals surface area contributed by atoms with Crippen LogP contribution in [0.4, 0.5) is 9.18 Å². The Morgan fingerprint density at radius 1 is 1.37 bits per heavy atom. The maximum absolute atomic E-state index is 13.5. The molecule has 2 aliphatic heterocycles. The monoisotopic (exact) mass is 270 g/mol. The minimum Gasteiger partial charge on any atom is -0.480 e. The number of carboxylic acid groups (broad SMARTS) is 2. The number of likely N-dealkylation sites (tertiary alicyclic amines) is 1. The van der Waals surface area contributed by atoms with Crippen LogP contribution in [-0.4, -0.2) is 57.2 Å². The molecule has 0 saturated carbocycles. The van der Waals surface area contributed by atoms with E-state index >= 15 is 0 Å². The lowest BCUT2D eigenvalue weighted by molar-refractivity contribution is -0.142. The highest BCUT2D eigenvalue weighted by Crippen LogP contribution is 2.26. The Kier molecular flexibility index (Phi) is 3.73. The van der Waals surface area contributed by atoms with Gasteiger partial charge in [-0.2, -0.15) is 4.39 Å². The van der Waals surface area contributed by atoms with Gasteiger partial charge < -0.3 is 15.1 Å². The molecule has 2 rings (SSSR count). The zero-order valence-corrected chi connectivity index (χ0v) is 10.2. The van der Waals surface area contributed by atoms with E-state index in [2.05, 4.69) is 0 Å². The fourth-order valence-corrected chi connectivity index (χ4v) is 2.54. The minimum absolute atomic E-state index is 0.169. The molecule has 1 fully saturated rings. The molecule has 2 heterocycles. The lowest BCUT2D eigenvalue weighted by Crippen LogP contribution is -2.48. The SMILES string of the molecule is O=C(O)C1CC[C@@H](CN2CC=CC=C2F)N1C(=O)O. The summed E-state index contributed by atoms with van der Waals surface area (Å²) in [7, 11) is 0. The molecule has 104 valence electrons. The van der Waals surface area contributed by atoms with Gasteiger partial charge in [-0.05, 0) is 18.9 Å². The number of halogens is 1. The predicted molar refractivity (Wildman–Crippen MR) is 64.2 cm³/mol. The second kappa shape index (κ2) is 5.29. The standard InChI is InChI=1S/C12H15FN2O4/c13-10-3-1-2-6-14(10)7-8-4-5-9(11(16)17)15(8)12(18)19/h1-3,8-9H,4-7H2,(H,16,17)(H,18,19)/t8-,9?/m0/s1. The normalized spacial score (nSPS) is 26.5. The molecule has 6 nitrogen and oxygen atoms in total. The van der Waals surface area contributed by atoms with Gasteiger partial charge in [0, 0.05) is 13.1 Å². The van der Waals surface area contributed by atoms with Crippen LogP contribution in [-0.2, 0) is 4.79 Å². The van der Waals surface area contributed by atoms with Crippen molar-refractivity contribution in [1.29, 1.82) is 0 Å². The predicted octanol–water partition coefficient (Wildman–Crippen LogP) is 1.26. The molecule has 0 aromatic carbocycles. The summed E-state index contributed by atoms with van der Waals surface area (Å²) in [6.45, 7) is 0.535. The maximum Gasteiger partial charge on any atom is 0.408 e. The van der Waals surface area contributed by atoms with Gasteiger partial charge in [-0.25, -0.2) is 9.59 Å². The van der Waals surface area contributed by atoms with Gasteiger partial charge >= 0.3 is 12.1 Å². The van der Waals surface area contributed by atoms with Crippen LogP contribution in [0.25, 0.3) is 0 Å². The Labute approximate surface area is 109 Å². The molecule has 19 heavy (non-hydrogen) atoms. The second-order valence-corrected chi connectivity index (χ2v) is 4.60. The van der Waals surface area contributed by atoms with Crippen molar-refractivity contribution in [3.63, 3.8) is 0 Å². The molecule has 0 spiro atoms. The van der Waals surface area contributed by atoms with Gasteiger partial charge in [0.05, 0.1) is 6.04 Å². The van der Waals surface area contributed by atoms with Gasteiger partial charge in [0.1, 0.15) is 6.04 Å². The van der Waals surface area contributed by atoms with E-state index in [4.69, 9.17) is 10.2 Å². The summed E-state index contributed by atoms with van der Waals surface area (Å²) in [4.78, 5) is 24.5. The largest absolute Gasteiger partial charge is 0.480 e. The Hall–Kier alpha value is -2.05. The van der Waals surface area contributed by atoms with E-state index < -0.39 is 30.1 Å². The van der Waals surface area contributed by atoms with Crippen molar-refractivity contribution < 1.29 is 24.2 Å². The van der Waals surface area contributed by atoms with E-state index in [1.807, 2.05) is 0 Å². The topological polar surface area (TPSA) is 81.1 Å². The zero-order chi connectivity index (χ0) is 14.0. The summed E-state index contributed by atoms with van der Waals surface area (Å²) in [5.41, 5.74) is 0. The molecule has 0 radical (unpaired) electrons. The smallest absolute Gasteiger partial charge is 0.408 e. The van der Waals surface area contributed by atoms with Crippen LogP contribution in [0.2, 0.25) is 0 Å². The molecule has 7 heteroatoms. The molecule has 2 N–H and O–H groups in total. The minimum atomic E-state index is -1.27. The number of amides is 1. The molecule has 1 amide bonds. The van der Waals surface area contributed by atoms with Gasteiger partial charge in [-0.1, -0.05) is 12.2 Å². The third kappa shape index (κ3) is 2.69.